The number of ketones is 1. The van der Waals surface area contributed by atoms with E-state index in [1.807, 2.05) is 61.5 Å². The summed E-state index contributed by atoms with van der Waals surface area (Å²) in [5.41, 5.74) is 7.38. The molecule has 164 valence electrons. The summed E-state index contributed by atoms with van der Waals surface area (Å²) in [5.74, 6) is 3.23. The Hall–Kier alpha value is -2.68. The molecule has 1 unspecified atom stereocenters. The molecule has 2 aromatic carbocycles. The number of carbonyl (C=O) groups excluding carboxylic acids is 1. The summed E-state index contributed by atoms with van der Waals surface area (Å²) in [5, 5.41) is 8.22. The number of thioether (sulfide) groups is 1. The Morgan fingerprint density at radius 1 is 1.13 bits per heavy atom. The molecule has 0 aliphatic rings. The highest BCUT2D eigenvalue weighted by Gasteiger charge is 2.16. The second kappa shape index (κ2) is 11.6. The molecule has 0 saturated heterocycles. The summed E-state index contributed by atoms with van der Waals surface area (Å²) in [6.07, 6.45) is 0.620. The number of ether oxygens (including phenoxy) is 1. The van der Waals surface area contributed by atoms with Gasteiger partial charge in [-0.05, 0) is 51.3 Å². The van der Waals surface area contributed by atoms with Crippen LogP contribution in [-0.4, -0.2) is 59.9 Å². The largest absolute Gasteiger partial charge is 0.493 e. The molecule has 8 heteroatoms. The third-order valence-electron chi connectivity index (χ3n) is 4.57. The minimum Gasteiger partial charge on any atom is -0.493 e. The second-order valence-electron chi connectivity index (χ2n) is 7.36. The van der Waals surface area contributed by atoms with Gasteiger partial charge in [-0.1, -0.05) is 30.3 Å². The molecular formula is C23H28N4O3S. The Morgan fingerprint density at radius 2 is 1.87 bits per heavy atom. The lowest BCUT2D eigenvalue weighted by Gasteiger charge is -2.14. The molecule has 1 aromatic heterocycles. The first-order valence-corrected chi connectivity index (χ1v) is 11.3. The van der Waals surface area contributed by atoms with Crippen LogP contribution >= 0.6 is 11.8 Å². The van der Waals surface area contributed by atoms with E-state index in [0.717, 1.165) is 23.6 Å². The topological polar surface area (TPSA) is 94.5 Å². The molecule has 0 aliphatic heterocycles. The number of hydrogen-bond donors (Lipinski definition) is 1. The van der Waals surface area contributed by atoms with Crippen LogP contribution in [0.15, 0.2) is 59.0 Å². The molecule has 3 rings (SSSR count). The van der Waals surface area contributed by atoms with Crippen LogP contribution in [0.4, 0.5) is 0 Å². The minimum absolute atomic E-state index is 0.0614. The van der Waals surface area contributed by atoms with Crippen LogP contribution in [0.2, 0.25) is 0 Å². The van der Waals surface area contributed by atoms with E-state index in [4.69, 9.17) is 14.9 Å². The number of nitrogens with two attached hydrogens (primary N) is 1. The maximum Gasteiger partial charge on any atom is 0.247 e. The van der Waals surface area contributed by atoms with E-state index < -0.39 is 6.04 Å². The zero-order valence-corrected chi connectivity index (χ0v) is 18.7. The number of rotatable bonds is 12. The molecule has 1 atom stereocenters. The van der Waals surface area contributed by atoms with Gasteiger partial charge in [0.1, 0.15) is 5.75 Å². The number of carbonyl (C=O) groups is 1. The number of benzene rings is 2. The van der Waals surface area contributed by atoms with Crippen molar-refractivity contribution in [1.29, 1.82) is 0 Å². The van der Waals surface area contributed by atoms with E-state index in [-0.39, 0.29) is 5.78 Å². The van der Waals surface area contributed by atoms with E-state index in [1.54, 1.807) is 23.9 Å². The number of para-hydroxylation sites is 1. The third-order valence-corrected chi connectivity index (χ3v) is 5.48. The van der Waals surface area contributed by atoms with Crippen molar-refractivity contribution in [1.82, 2.24) is 15.1 Å². The second-order valence-corrected chi connectivity index (χ2v) is 8.46. The van der Waals surface area contributed by atoms with Crippen LogP contribution in [0.5, 0.6) is 5.75 Å². The van der Waals surface area contributed by atoms with E-state index in [1.165, 1.54) is 0 Å². The molecule has 7 nitrogen and oxygen atoms in total. The third kappa shape index (κ3) is 7.20. The summed E-state index contributed by atoms with van der Waals surface area (Å²) in [6.45, 7) is 1.38. The summed E-state index contributed by atoms with van der Waals surface area (Å²) < 4.78 is 11.4. The lowest BCUT2D eigenvalue weighted by molar-refractivity contribution is 0.0953. The number of aromatic nitrogens is 2. The van der Waals surface area contributed by atoms with Gasteiger partial charge in [0, 0.05) is 16.9 Å². The Labute approximate surface area is 187 Å². The highest BCUT2D eigenvalue weighted by atomic mass is 32.2. The molecule has 0 amide bonds. The van der Waals surface area contributed by atoms with Crippen molar-refractivity contribution in [2.75, 3.05) is 33.0 Å². The van der Waals surface area contributed by atoms with Gasteiger partial charge in [-0.3, -0.25) is 4.79 Å². The summed E-state index contributed by atoms with van der Waals surface area (Å²) in [4.78, 5) is 14.5. The maximum atomic E-state index is 12.5. The number of hydrogen-bond acceptors (Lipinski definition) is 8. The Balaban J connectivity index is 1.46. The summed E-state index contributed by atoms with van der Waals surface area (Å²) in [6, 6.07) is 16.4. The van der Waals surface area contributed by atoms with Crippen molar-refractivity contribution < 1.29 is 13.9 Å². The van der Waals surface area contributed by atoms with Crippen molar-refractivity contribution in [3.63, 3.8) is 0 Å². The lowest BCUT2D eigenvalue weighted by Crippen LogP contribution is -2.33. The molecule has 0 saturated carbocycles. The van der Waals surface area contributed by atoms with E-state index in [9.17, 15) is 4.79 Å². The number of nitrogens with zero attached hydrogens (tertiary/aromatic N) is 3. The highest BCUT2D eigenvalue weighted by Crippen LogP contribution is 2.21. The van der Waals surface area contributed by atoms with Crippen molar-refractivity contribution in [3.05, 3.63) is 66.1 Å². The molecular weight excluding hydrogens is 412 g/mol. The predicted molar refractivity (Wildman–Crippen MR) is 123 cm³/mol. The van der Waals surface area contributed by atoms with E-state index in [2.05, 4.69) is 10.2 Å². The molecule has 0 aliphatic carbocycles. The molecule has 0 radical (unpaired) electrons. The first kappa shape index (κ1) is 23.0. The normalized spacial score (nSPS) is 12.1. The highest BCUT2D eigenvalue weighted by molar-refractivity contribution is 7.98. The van der Waals surface area contributed by atoms with Gasteiger partial charge in [0.25, 0.3) is 0 Å². The average molecular weight is 441 g/mol. The Kier molecular flexibility index (Phi) is 8.63. The average Bonchev–Trinajstić information content (AvgIpc) is 3.26. The first-order chi connectivity index (χ1) is 15.0. The Bertz CT molecular complexity index is 945. The van der Waals surface area contributed by atoms with Crippen molar-refractivity contribution in [3.8, 4) is 17.2 Å². The quantitative estimate of drug-likeness (QED) is 0.338. The standard InChI is InChI=1S/C23H28N4O3S/c1-27(2)13-12-20(24)22(28)17-8-10-18(11-9-17)23-26-25-21(30-23)16-31-15-14-29-19-6-4-3-5-7-19/h3-11,20H,12-16,24H2,1-2H3. The van der Waals surface area contributed by atoms with Crippen LogP contribution in [0, 0.1) is 0 Å². The molecule has 1 heterocycles. The monoisotopic (exact) mass is 440 g/mol. The predicted octanol–water partition coefficient (Wildman–Crippen LogP) is 3.51. The van der Waals surface area contributed by atoms with Crippen molar-refractivity contribution in [2.45, 2.75) is 18.2 Å². The van der Waals surface area contributed by atoms with Gasteiger partial charge in [0.2, 0.25) is 11.8 Å². The van der Waals surface area contributed by atoms with Gasteiger partial charge in [-0.2, -0.15) is 0 Å². The number of Topliss-reactive ketones (excluding diaryl/α,β-unsaturated/α-hetero) is 1. The van der Waals surface area contributed by atoms with Gasteiger partial charge in [0.15, 0.2) is 5.78 Å². The fourth-order valence-electron chi connectivity index (χ4n) is 2.84. The van der Waals surface area contributed by atoms with Crippen LogP contribution < -0.4 is 10.5 Å². The summed E-state index contributed by atoms with van der Waals surface area (Å²) >= 11 is 1.67. The van der Waals surface area contributed by atoms with Crippen LogP contribution in [-0.2, 0) is 5.75 Å². The fraction of sp³-hybridized carbons (Fsp3) is 0.348. The van der Waals surface area contributed by atoms with Crippen molar-refractivity contribution >= 4 is 17.5 Å². The first-order valence-electron chi connectivity index (χ1n) is 10.2. The molecule has 2 N–H and O–H groups in total. The van der Waals surface area contributed by atoms with Gasteiger partial charge < -0.3 is 19.8 Å². The lowest BCUT2D eigenvalue weighted by atomic mass is 10.0. The maximum absolute atomic E-state index is 12.5. The van der Waals surface area contributed by atoms with Gasteiger partial charge >= 0.3 is 0 Å². The summed E-state index contributed by atoms with van der Waals surface area (Å²) in [7, 11) is 3.92. The molecule has 0 fully saturated rings. The van der Waals surface area contributed by atoms with E-state index >= 15 is 0 Å². The molecule has 3 aromatic rings. The van der Waals surface area contributed by atoms with E-state index in [0.29, 0.717) is 36.1 Å². The zero-order chi connectivity index (χ0) is 22.1. The minimum atomic E-state index is -0.508. The molecule has 0 bridgehead atoms. The van der Waals surface area contributed by atoms with Gasteiger partial charge in [-0.25, -0.2) is 0 Å². The van der Waals surface area contributed by atoms with Gasteiger partial charge in [0.05, 0.1) is 18.4 Å². The van der Waals surface area contributed by atoms with Crippen LogP contribution in [0.3, 0.4) is 0 Å². The SMILES string of the molecule is CN(C)CCC(N)C(=O)c1ccc(-c2nnc(CSCCOc3ccccc3)o2)cc1. The van der Waals surface area contributed by atoms with Gasteiger partial charge in [-0.15, -0.1) is 22.0 Å². The van der Waals surface area contributed by atoms with Crippen LogP contribution in [0.1, 0.15) is 22.7 Å². The zero-order valence-electron chi connectivity index (χ0n) is 17.9. The fourth-order valence-corrected chi connectivity index (χ4v) is 3.48. The Morgan fingerprint density at radius 3 is 2.58 bits per heavy atom. The van der Waals surface area contributed by atoms with Crippen LogP contribution in [0.25, 0.3) is 11.5 Å². The molecule has 0 spiro atoms. The van der Waals surface area contributed by atoms with Crippen molar-refractivity contribution in [2.24, 2.45) is 5.73 Å². The smallest absolute Gasteiger partial charge is 0.247 e. The molecule has 31 heavy (non-hydrogen) atoms.